The Labute approximate surface area is 140 Å². The molecule has 0 saturated heterocycles. The molecule has 2 heterocycles. The maximum atomic E-state index is 12.4. The summed E-state index contributed by atoms with van der Waals surface area (Å²) in [5.74, 6) is 0.0813. The van der Waals surface area contributed by atoms with Gasteiger partial charge in [-0.3, -0.25) is 14.3 Å². The van der Waals surface area contributed by atoms with Gasteiger partial charge >= 0.3 is 0 Å². The van der Waals surface area contributed by atoms with E-state index in [1.165, 1.54) is 23.8 Å². The zero-order valence-electron chi connectivity index (χ0n) is 13.7. The Morgan fingerprint density at radius 1 is 1.21 bits per heavy atom. The monoisotopic (exact) mass is 330 g/mol. The van der Waals surface area contributed by atoms with Crippen LogP contribution in [-0.2, 0) is 7.05 Å². The fraction of sp³-hybridized carbons (Fsp3) is 0.471. The van der Waals surface area contributed by atoms with E-state index in [1.807, 2.05) is 0 Å². The van der Waals surface area contributed by atoms with E-state index in [0.29, 0.717) is 11.5 Å². The van der Waals surface area contributed by atoms with E-state index in [4.69, 9.17) is 4.42 Å². The highest BCUT2D eigenvalue weighted by Gasteiger charge is 2.19. The maximum absolute atomic E-state index is 12.4. The second kappa shape index (κ2) is 7.33. The summed E-state index contributed by atoms with van der Waals surface area (Å²) in [6.45, 7) is 0. The first-order valence-corrected chi connectivity index (χ1v) is 8.33. The fourth-order valence-electron chi connectivity index (χ4n) is 2.96. The molecule has 1 saturated carbocycles. The molecule has 0 radical (unpaired) electrons. The van der Waals surface area contributed by atoms with Crippen LogP contribution in [0, 0.1) is 0 Å². The van der Waals surface area contributed by atoms with E-state index >= 15 is 0 Å². The number of nitrogens with zero attached hydrogens (tertiary/aromatic N) is 2. The molecular formula is C17H22N4O3. The minimum Gasteiger partial charge on any atom is -0.459 e. The molecule has 7 heteroatoms. The quantitative estimate of drug-likeness (QED) is 0.844. The number of nitrogens with one attached hydrogen (secondary N) is 2. The summed E-state index contributed by atoms with van der Waals surface area (Å²) in [5, 5.41) is 9.93. The van der Waals surface area contributed by atoms with E-state index in [-0.39, 0.29) is 23.6 Å². The number of hydrogen-bond donors (Lipinski definition) is 2. The van der Waals surface area contributed by atoms with Gasteiger partial charge in [-0.1, -0.05) is 25.7 Å². The van der Waals surface area contributed by atoms with Gasteiger partial charge in [0.1, 0.15) is 5.82 Å². The SMILES string of the molecule is Cn1nc(C(=O)NC2CCCCCC2)cc1NC(=O)c1ccco1. The molecule has 1 aliphatic rings. The van der Waals surface area contributed by atoms with Crippen molar-refractivity contribution in [2.45, 2.75) is 44.6 Å². The summed E-state index contributed by atoms with van der Waals surface area (Å²) >= 11 is 0. The van der Waals surface area contributed by atoms with Crippen molar-refractivity contribution in [3.63, 3.8) is 0 Å². The second-order valence-corrected chi connectivity index (χ2v) is 6.13. The van der Waals surface area contributed by atoms with Crippen molar-refractivity contribution < 1.29 is 14.0 Å². The van der Waals surface area contributed by atoms with E-state index in [9.17, 15) is 9.59 Å². The number of anilines is 1. The van der Waals surface area contributed by atoms with Crippen LogP contribution < -0.4 is 10.6 Å². The van der Waals surface area contributed by atoms with Crippen LogP contribution in [0.3, 0.4) is 0 Å². The molecule has 0 spiro atoms. The van der Waals surface area contributed by atoms with Gasteiger partial charge in [-0.25, -0.2) is 0 Å². The van der Waals surface area contributed by atoms with E-state index < -0.39 is 0 Å². The van der Waals surface area contributed by atoms with Crippen LogP contribution in [0.5, 0.6) is 0 Å². The lowest BCUT2D eigenvalue weighted by atomic mass is 10.1. The lowest BCUT2D eigenvalue weighted by Crippen LogP contribution is -2.34. The summed E-state index contributed by atoms with van der Waals surface area (Å²) in [6.07, 6.45) is 8.23. The zero-order valence-corrected chi connectivity index (χ0v) is 13.7. The molecule has 2 aromatic rings. The molecular weight excluding hydrogens is 308 g/mol. The number of furan rings is 1. The molecule has 24 heavy (non-hydrogen) atoms. The number of carbonyl (C=O) groups is 2. The number of rotatable bonds is 4. The molecule has 128 valence electrons. The van der Waals surface area contributed by atoms with Crippen molar-refractivity contribution in [1.29, 1.82) is 0 Å². The predicted molar refractivity (Wildman–Crippen MR) is 88.8 cm³/mol. The number of aryl methyl sites for hydroxylation is 1. The second-order valence-electron chi connectivity index (χ2n) is 6.13. The summed E-state index contributed by atoms with van der Waals surface area (Å²) in [5.41, 5.74) is 0.302. The standard InChI is InChI=1S/C17H22N4O3/c1-21-15(19-17(23)14-9-6-10-24-14)11-13(20-21)16(22)18-12-7-4-2-3-5-8-12/h6,9-12H,2-5,7-8H2,1H3,(H,18,22)(H,19,23). The van der Waals surface area contributed by atoms with Crippen molar-refractivity contribution in [2.75, 3.05) is 5.32 Å². The number of hydrogen-bond acceptors (Lipinski definition) is 4. The van der Waals surface area contributed by atoms with Crippen molar-refractivity contribution in [3.05, 3.63) is 35.9 Å². The van der Waals surface area contributed by atoms with E-state index in [1.54, 1.807) is 25.2 Å². The number of amides is 2. The molecule has 0 unspecified atom stereocenters. The van der Waals surface area contributed by atoms with Crippen molar-refractivity contribution in [2.24, 2.45) is 7.05 Å². The topological polar surface area (TPSA) is 89.2 Å². The largest absolute Gasteiger partial charge is 0.459 e. The van der Waals surface area contributed by atoms with Gasteiger partial charge in [0.15, 0.2) is 11.5 Å². The molecule has 7 nitrogen and oxygen atoms in total. The van der Waals surface area contributed by atoms with Crippen molar-refractivity contribution >= 4 is 17.6 Å². The van der Waals surface area contributed by atoms with Crippen LogP contribution in [0.15, 0.2) is 28.9 Å². The first-order valence-electron chi connectivity index (χ1n) is 8.33. The third kappa shape index (κ3) is 3.84. The molecule has 2 N–H and O–H groups in total. The van der Waals surface area contributed by atoms with Crippen LogP contribution in [0.4, 0.5) is 5.82 Å². The Balaban J connectivity index is 1.64. The van der Waals surface area contributed by atoms with Gasteiger partial charge in [-0.05, 0) is 25.0 Å². The molecule has 0 atom stereocenters. The number of aromatic nitrogens is 2. The summed E-state index contributed by atoms with van der Waals surface area (Å²) < 4.78 is 6.53. The average molecular weight is 330 g/mol. The Hall–Kier alpha value is -2.57. The minimum absolute atomic E-state index is 0.198. The van der Waals surface area contributed by atoms with Crippen LogP contribution in [0.1, 0.15) is 59.6 Å². The van der Waals surface area contributed by atoms with Crippen LogP contribution in [-0.4, -0.2) is 27.6 Å². The Morgan fingerprint density at radius 2 is 1.96 bits per heavy atom. The zero-order chi connectivity index (χ0) is 16.9. The molecule has 3 rings (SSSR count). The van der Waals surface area contributed by atoms with Gasteiger partial charge in [0.05, 0.1) is 6.26 Å². The van der Waals surface area contributed by atoms with Gasteiger partial charge in [0.25, 0.3) is 11.8 Å². The Morgan fingerprint density at radius 3 is 2.62 bits per heavy atom. The Bertz CT molecular complexity index is 697. The molecule has 1 aliphatic carbocycles. The third-order valence-electron chi connectivity index (χ3n) is 4.29. The minimum atomic E-state index is -0.376. The highest BCUT2D eigenvalue weighted by atomic mass is 16.3. The third-order valence-corrected chi connectivity index (χ3v) is 4.29. The van der Waals surface area contributed by atoms with Gasteiger partial charge in [-0.2, -0.15) is 5.10 Å². The maximum Gasteiger partial charge on any atom is 0.292 e. The predicted octanol–water partition coefficient (Wildman–Crippen LogP) is 2.72. The normalized spacial score (nSPS) is 15.7. The molecule has 0 aromatic carbocycles. The first-order chi connectivity index (χ1) is 11.6. The number of carbonyl (C=O) groups excluding carboxylic acids is 2. The van der Waals surface area contributed by atoms with E-state index in [0.717, 1.165) is 25.7 Å². The van der Waals surface area contributed by atoms with Crippen molar-refractivity contribution in [1.82, 2.24) is 15.1 Å². The van der Waals surface area contributed by atoms with Gasteiger partial charge in [-0.15, -0.1) is 0 Å². The Kier molecular flexibility index (Phi) is 4.98. The summed E-state index contributed by atoms with van der Waals surface area (Å²) in [4.78, 5) is 24.4. The van der Waals surface area contributed by atoms with Crippen LogP contribution in [0.2, 0.25) is 0 Å². The molecule has 1 fully saturated rings. The molecule has 0 aliphatic heterocycles. The van der Waals surface area contributed by atoms with Crippen LogP contribution in [0.25, 0.3) is 0 Å². The summed E-state index contributed by atoms with van der Waals surface area (Å²) in [7, 11) is 1.68. The average Bonchev–Trinajstić information content (AvgIpc) is 3.14. The lowest BCUT2D eigenvalue weighted by Gasteiger charge is -2.14. The van der Waals surface area contributed by atoms with E-state index in [2.05, 4.69) is 15.7 Å². The highest BCUT2D eigenvalue weighted by Crippen LogP contribution is 2.18. The molecule has 2 amide bonds. The lowest BCUT2D eigenvalue weighted by molar-refractivity contribution is 0.0926. The first kappa shape index (κ1) is 16.3. The van der Waals surface area contributed by atoms with Crippen molar-refractivity contribution in [3.8, 4) is 0 Å². The van der Waals surface area contributed by atoms with Gasteiger partial charge in [0.2, 0.25) is 0 Å². The fourth-order valence-corrected chi connectivity index (χ4v) is 2.96. The summed E-state index contributed by atoms with van der Waals surface area (Å²) in [6, 6.07) is 5.00. The molecule has 2 aromatic heterocycles. The molecule has 0 bridgehead atoms. The smallest absolute Gasteiger partial charge is 0.292 e. The van der Waals surface area contributed by atoms with Gasteiger partial charge < -0.3 is 15.1 Å². The van der Waals surface area contributed by atoms with Gasteiger partial charge in [0, 0.05) is 19.2 Å². The highest BCUT2D eigenvalue weighted by molar-refractivity contribution is 6.02. The van der Waals surface area contributed by atoms with Crippen LogP contribution >= 0.6 is 0 Å².